The number of halogens is 1. The molecule has 0 radical (unpaired) electrons. The van der Waals surface area contributed by atoms with E-state index < -0.39 is 0 Å². The lowest BCUT2D eigenvalue weighted by Gasteiger charge is -2.15. The highest BCUT2D eigenvalue weighted by Gasteiger charge is 2.15. The molecule has 2 heterocycles. The second-order valence-corrected chi connectivity index (χ2v) is 9.21. The quantitative estimate of drug-likeness (QED) is 0.255. The number of fused-ring (bicyclic) bond motifs is 1. The van der Waals surface area contributed by atoms with Gasteiger partial charge in [0, 0.05) is 17.7 Å². The number of anilines is 1. The van der Waals surface area contributed by atoms with Crippen LogP contribution in [-0.4, -0.2) is 29.3 Å². The van der Waals surface area contributed by atoms with Crippen LogP contribution in [0.4, 0.5) is 10.1 Å². The number of ether oxygens (including phenoxy) is 2. The number of aryl methyl sites for hydroxylation is 1. The summed E-state index contributed by atoms with van der Waals surface area (Å²) < 4.78 is 25.6. The van der Waals surface area contributed by atoms with E-state index in [1.165, 1.54) is 20.3 Å². The van der Waals surface area contributed by atoms with Crippen molar-refractivity contribution in [1.82, 2.24) is 9.97 Å². The number of methoxy groups -OCH3 is 2. The Bertz CT molecular complexity index is 1540. The number of phenols is 1. The molecule has 0 saturated carbocycles. The smallest absolute Gasteiger partial charge is 0.200 e. The number of hydrogen-bond donors (Lipinski definition) is 2. The van der Waals surface area contributed by atoms with Gasteiger partial charge in [0.15, 0.2) is 11.5 Å². The van der Waals surface area contributed by atoms with Gasteiger partial charge >= 0.3 is 0 Å². The Balaban J connectivity index is 1.54. The van der Waals surface area contributed by atoms with E-state index in [1.54, 1.807) is 42.7 Å². The minimum absolute atomic E-state index is 0.0369. The molecule has 0 fully saturated rings. The molecule has 0 unspecified atom stereocenters. The van der Waals surface area contributed by atoms with Gasteiger partial charge in [-0.25, -0.2) is 9.37 Å². The number of aromatic nitrogens is 2. The van der Waals surface area contributed by atoms with Gasteiger partial charge < -0.3 is 19.9 Å². The highest BCUT2D eigenvalue weighted by Crippen LogP contribution is 2.38. The fourth-order valence-electron chi connectivity index (χ4n) is 4.08. The van der Waals surface area contributed by atoms with Crippen LogP contribution < -0.4 is 14.8 Å². The number of phenolic OH excluding ortho intramolecular Hbond substituents is 1. The van der Waals surface area contributed by atoms with Crippen LogP contribution in [0.5, 0.6) is 17.2 Å². The third-order valence-electron chi connectivity index (χ3n) is 6.00. The van der Waals surface area contributed by atoms with Crippen molar-refractivity contribution in [2.24, 2.45) is 0 Å². The first-order valence-corrected chi connectivity index (χ1v) is 12.1. The van der Waals surface area contributed by atoms with Crippen molar-refractivity contribution in [3.8, 4) is 39.6 Å². The Morgan fingerprint density at radius 1 is 0.944 bits per heavy atom. The van der Waals surface area contributed by atoms with E-state index in [-0.39, 0.29) is 11.6 Å². The highest BCUT2D eigenvalue weighted by molar-refractivity contribution is 7.16. The molecule has 0 aliphatic carbocycles. The molecule has 36 heavy (non-hydrogen) atoms. The van der Waals surface area contributed by atoms with E-state index in [1.807, 2.05) is 29.8 Å². The lowest BCUT2D eigenvalue weighted by atomic mass is 9.97. The zero-order valence-corrected chi connectivity index (χ0v) is 20.8. The van der Waals surface area contributed by atoms with Gasteiger partial charge in [-0.15, -0.1) is 11.3 Å². The second kappa shape index (κ2) is 9.83. The largest absolute Gasteiger partial charge is 0.502 e. The Morgan fingerprint density at radius 3 is 2.42 bits per heavy atom. The Morgan fingerprint density at radius 2 is 1.69 bits per heavy atom. The number of hydrogen-bond acceptors (Lipinski definition) is 7. The van der Waals surface area contributed by atoms with E-state index in [0.29, 0.717) is 23.6 Å². The van der Waals surface area contributed by atoms with Gasteiger partial charge in [0.2, 0.25) is 5.75 Å². The van der Waals surface area contributed by atoms with Crippen LogP contribution in [0.2, 0.25) is 0 Å². The maximum absolute atomic E-state index is 14.0. The molecule has 2 aromatic heterocycles. The van der Waals surface area contributed by atoms with Crippen molar-refractivity contribution < 1.29 is 19.0 Å². The zero-order chi connectivity index (χ0) is 25.2. The maximum Gasteiger partial charge on any atom is 0.200 e. The van der Waals surface area contributed by atoms with E-state index in [2.05, 4.69) is 16.4 Å². The van der Waals surface area contributed by atoms with Crippen LogP contribution in [0.3, 0.4) is 0 Å². The molecule has 0 bridgehead atoms. The van der Waals surface area contributed by atoms with Crippen molar-refractivity contribution in [2.75, 3.05) is 19.5 Å². The standard InChI is InChI=1S/C28H24FN3O3S/c1-16-8-19(4-6-22(16)29)27-21(18-5-7-23-26(11-18)36-15-32-23)12-20(14-31-27)30-13-17-9-24(34-2)28(33)25(10-17)35-3/h4-12,14-15,30,33H,13H2,1-3H3. The molecule has 0 amide bonds. The molecule has 5 aromatic rings. The number of nitrogens with one attached hydrogen (secondary N) is 1. The van der Waals surface area contributed by atoms with Crippen LogP contribution in [-0.2, 0) is 6.54 Å². The zero-order valence-electron chi connectivity index (χ0n) is 20.0. The summed E-state index contributed by atoms with van der Waals surface area (Å²) in [7, 11) is 3.00. The van der Waals surface area contributed by atoms with Gasteiger partial charge in [0.1, 0.15) is 5.82 Å². The van der Waals surface area contributed by atoms with Crippen LogP contribution in [0, 0.1) is 12.7 Å². The van der Waals surface area contributed by atoms with Gasteiger partial charge in [-0.2, -0.15) is 0 Å². The van der Waals surface area contributed by atoms with Gasteiger partial charge in [0.05, 0.1) is 47.5 Å². The van der Waals surface area contributed by atoms with Crippen LogP contribution in [0.1, 0.15) is 11.1 Å². The second-order valence-electron chi connectivity index (χ2n) is 8.32. The number of aromatic hydroxyl groups is 1. The Labute approximate surface area is 212 Å². The molecular formula is C28H24FN3O3S. The molecule has 8 heteroatoms. The fraction of sp³-hybridized carbons (Fsp3) is 0.143. The molecule has 0 aliphatic heterocycles. The predicted octanol–water partition coefficient (Wildman–Crippen LogP) is 6.81. The van der Waals surface area contributed by atoms with Crippen molar-refractivity contribution in [3.63, 3.8) is 0 Å². The summed E-state index contributed by atoms with van der Waals surface area (Å²) in [5.41, 5.74) is 8.53. The fourth-order valence-corrected chi connectivity index (χ4v) is 4.80. The number of benzene rings is 3. The van der Waals surface area contributed by atoms with Gasteiger partial charge in [0.25, 0.3) is 0 Å². The van der Waals surface area contributed by atoms with E-state index in [4.69, 9.17) is 14.5 Å². The summed E-state index contributed by atoms with van der Waals surface area (Å²) in [6, 6.07) is 16.7. The number of rotatable bonds is 7. The molecular weight excluding hydrogens is 477 g/mol. The summed E-state index contributed by atoms with van der Waals surface area (Å²) in [4.78, 5) is 9.15. The van der Waals surface area contributed by atoms with Crippen molar-refractivity contribution in [1.29, 1.82) is 0 Å². The normalized spacial score (nSPS) is 11.0. The first kappa shape index (κ1) is 23.6. The summed E-state index contributed by atoms with van der Waals surface area (Å²) in [6.07, 6.45) is 1.76. The van der Waals surface area contributed by atoms with Crippen molar-refractivity contribution in [3.05, 3.63) is 83.2 Å². The molecule has 6 nitrogen and oxygen atoms in total. The Kier molecular flexibility index (Phi) is 6.43. The molecule has 3 aromatic carbocycles. The molecule has 0 saturated heterocycles. The Hall–Kier alpha value is -4.17. The van der Waals surface area contributed by atoms with E-state index >= 15 is 0 Å². The average molecular weight is 502 g/mol. The molecule has 0 atom stereocenters. The van der Waals surface area contributed by atoms with E-state index in [9.17, 15) is 9.50 Å². The summed E-state index contributed by atoms with van der Waals surface area (Å²) in [5.74, 6) is 0.393. The molecule has 2 N–H and O–H groups in total. The lowest BCUT2D eigenvalue weighted by molar-refractivity contribution is 0.339. The van der Waals surface area contributed by atoms with Gasteiger partial charge in [-0.1, -0.05) is 6.07 Å². The molecule has 0 aliphatic rings. The van der Waals surface area contributed by atoms with Crippen molar-refractivity contribution in [2.45, 2.75) is 13.5 Å². The van der Waals surface area contributed by atoms with Crippen LogP contribution in [0.15, 0.2) is 66.3 Å². The van der Waals surface area contributed by atoms with Crippen LogP contribution in [0.25, 0.3) is 32.6 Å². The topological polar surface area (TPSA) is 76.5 Å². The molecule has 5 rings (SSSR count). The highest BCUT2D eigenvalue weighted by atomic mass is 32.1. The molecule has 0 spiro atoms. The minimum Gasteiger partial charge on any atom is -0.502 e. The summed E-state index contributed by atoms with van der Waals surface area (Å²) >= 11 is 1.58. The SMILES string of the molecule is COc1cc(CNc2cnc(-c3ccc(F)c(C)c3)c(-c3ccc4ncsc4c3)c2)cc(OC)c1O. The summed E-state index contributed by atoms with van der Waals surface area (Å²) in [5, 5.41) is 13.6. The lowest BCUT2D eigenvalue weighted by Crippen LogP contribution is -2.02. The first-order chi connectivity index (χ1) is 17.5. The first-order valence-electron chi connectivity index (χ1n) is 11.2. The number of pyridine rings is 1. The molecule has 182 valence electrons. The summed E-state index contributed by atoms with van der Waals surface area (Å²) in [6.45, 7) is 2.20. The monoisotopic (exact) mass is 501 g/mol. The minimum atomic E-state index is -0.246. The van der Waals surface area contributed by atoms with Crippen molar-refractivity contribution >= 4 is 27.2 Å². The van der Waals surface area contributed by atoms with Gasteiger partial charge in [-0.05, 0) is 72.1 Å². The number of nitrogens with zero attached hydrogens (tertiary/aromatic N) is 2. The third-order valence-corrected chi connectivity index (χ3v) is 6.79. The average Bonchev–Trinajstić information content (AvgIpc) is 3.37. The number of thiazole rings is 1. The van der Waals surface area contributed by atoms with Gasteiger partial charge in [-0.3, -0.25) is 4.98 Å². The third kappa shape index (κ3) is 4.55. The van der Waals surface area contributed by atoms with Crippen LogP contribution >= 0.6 is 11.3 Å². The van der Waals surface area contributed by atoms with E-state index in [0.717, 1.165) is 43.9 Å². The predicted molar refractivity (Wildman–Crippen MR) is 142 cm³/mol. The maximum atomic E-state index is 14.0.